The summed E-state index contributed by atoms with van der Waals surface area (Å²) < 4.78 is 63.9. The van der Waals surface area contributed by atoms with E-state index in [9.17, 15) is 103 Å². The van der Waals surface area contributed by atoms with Gasteiger partial charge in [-0.1, -0.05) is 89.3 Å². The summed E-state index contributed by atoms with van der Waals surface area (Å²) in [4.78, 5) is 226. The largest absolute Gasteiger partial charge is 0.508 e. The molecule has 4 aliphatic rings. The molecule has 0 saturated carbocycles. The fraction of sp³-hybridized carbons (Fsp3) is 0.718. The van der Waals surface area contributed by atoms with Crippen molar-refractivity contribution in [2.75, 3.05) is 40.0 Å². The maximum absolute atomic E-state index is 15.6. The summed E-state index contributed by atoms with van der Waals surface area (Å²) >= 11 is 0. The van der Waals surface area contributed by atoms with E-state index in [0.29, 0.717) is 17.7 Å². The minimum Gasteiger partial charge on any atom is -0.508 e. The lowest BCUT2D eigenvalue weighted by Crippen LogP contribution is -2.67. The smallest absolute Gasteiger partial charge is 0.328 e. The molecule has 4 aliphatic heterocycles. The van der Waals surface area contributed by atoms with Crippen molar-refractivity contribution < 1.29 is 175 Å². The summed E-state index contributed by atoms with van der Waals surface area (Å²) in [7, 11) is 0.987. The van der Waals surface area contributed by atoms with Crippen LogP contribution in [0.1, 0.15) is 184 Å². The Morgan fingerprint density at radius 2 is 1.24 bits per heavy atom. The number of cyclic esters (lactones) is 1. The van der Waals surface area contributed by atoms with E-state index < -0.39 is 317 Å². The van der Waals surface area contributed by atoms with Crippen molar-refractivity contribution in [1.82, 2.24) is 52.8 Å². The summed E-state index contributed by atoms with van der Waals surface area (Å²) in [6.45, 7) is 8.74. The normalized spacial score (nSPS) is 29.2. The van der Waals surface area contributed by atoms with Gasteiger partial charge in [0.15, 0.2) is 43.3 Å². The lowest BCUT2D eigenvalue weighted by atomic mass is 9.96. The monoisotopic (exact) mass is 1900 g/mol. The number of allylic oxidation sites excluding steroid dienone is 1. The van der Waals surface area contributed by atoms with E-state index in [-0.39, 0.29) is 43.5 Å². The molecule has 0 bridgehead atoms. The summed E-state index contributed by atoms with van der Waals surface area (Å²) in [5, 5.41) is 121. The molecule has 48 heteroatoms. The fourth-order valence-corrected chi connectivity index (χ4v) is 15.0. The van der Waals surface area contributed by atoms with Crippen molar-refractivity contribution in [2.45, 2.75) is 350 Å². The molecule has 0 aliphatic carbocycles. The van der Waals surface area contributed by atoms with Crippen LogP contribution < -0.4 is 59.3 Å². The molecular formula is C85H134N12O36. The van der Waals surface area contributed by atoms with Crippen LogP contribution in [0.5, 0.6) is 5.75 Å². The van der Waals surface area contributed by atoms with E-state index in [2.05, 4.69) is 54.8 Å². The number of phenolic OH excluding ortho intramolecular Hbond substituents is 1. The number of carbonyl (C=O) groups excluding carboxylic acids is 16. The van der Waals surface area contributed by atoms with Crippen molar-refractivity contribution in [2.24, 2.45) is 11.5 Å². The van der Waals surface area contributed by atoms with Gasteiger partial charge in [0, 0.05) is 54.5 Å². The van der Waals surface area contributed by atoms with Crippen molar-refractivity contribution in [3.63, 3.8) is 0 Å². The zero-order valence-electron chi connectivity index (χ0n) is 76.7. The highest BCUT2D eigenvalue weighted by Crippen LogP contribution is 2.34. The summed E-state index contributed by atoms with van der Waals surface area (Å²) in [5.74, 6) is -19.8. The second kappa shape index (κ2) is 56.1. The molecule has 11 amide bonds. The first-order chi connectivity index (χ1) is 62.8. The van der Waals surface area contributed by atoms with Gasteiger partial charge >= 0.3 is 29.8 Å². The van der Waals surface area contributed by atoms with Crippen molar-refractivity contribution >= 4 is 94.8 Å². The van der Waals surface area contributed by atoms with Gasteiger partial charge in [0.1, 0.15) is 115 Å². The Morgan fingerprint density at radius 1 is 0.639 bits per heavy atom. The van der Waals surface area contributed by atoms with Crippen LogP contribution in [0.15, 0.2) is 36.0 Å². The Bertz CT molecular complexity index is 4070. The number of unbranched alkanes of at least 4 members (excludes halogenated alkanes) is 10. The first-order valence-corrected chi connectivity index (χ1v) is 44.3. The molecule has 133 heavy (non-hydrogen) atoms. The van der Waals surface area contributed by atoms with Crippen molar-refractivity contribution in [1.29, 1.82) is 0 Å². The van der Waals surface area contributed by atoms with E-state index in [1.807, 2.05) is 0 Å². The van der Waals surface area contributed by atoms with Crippen molar-refractivity contribution in [3.05, 3.63) is 41.6 Å². The van der Waals surface area contributed by atoms with Crippen molar-refractivity contribution in [3.8, 4) is 5.75 Å². The van der Waals surface area contributed by atoms with Gasteiger partial charge in [0.05, 0.1) is 44.2 Å². The number of ether oxygens (including phenoxy) is 11. The van der Waals surface area contributed by atoms with Gasteiger partial charge in [-0.3, -0.25) is 71.9 Å². The molecule has 750 valence electrons. The van der Waals surface area contributed by atoms with Crippen LogP contribution in [0.2, 0.25) is 0 Å². The highest BCUT2D eigenvalue weighted by molar-refractivity contribution is 6.03. The van der Waals surface area contributed by atoms with Gasteiger partial charge in [0.25, 0.3) is 11.8 Å². The molecule has 1 aromatic rings. The van der Waals surface area contributed by atoms with Crippen LogP contribution in [-0.4, -0.2) is 351 Å². The number of nitrogens with two attached hydrogens (primary N) is 2. The highest BCUT2D eigenvalue weighted by atomic mass is 16.8. The molecule has 0 aromatic heterocycles. The molecule has 0 spiro atoms. The number of rotatable bonds is 41. The fourth-order valence-electron chi connectivity index (χ4n) is 15.0. The van der Waals surface area contributed by atoms with Gasteiger partial charge in [-0.15, -0.1) is 0 Å². The number of esters is 5. The van der Waals surface area contributed by atoms with Crippen LogP contribution in [0.4, 0.5) is 0 Å². The van der Waals surface area contributed by atoms with Crippen LogP contribution in [-0.2, 0) is 135 Å². The molecule has 4 fully saturated rings. The molecular weight excluding hydrogens is 1760 g/mol. The highest BCUT2D eigenvalue weighted by Gasteiger charge is 2.56. The SMILES string of the molecule is CC=C1NC(=O)C(Cc2ccc(O)cc2)NC(=O)C(C(C)O)NC(=O)C(NC(=O)C(NC(=O)C(O)C(CCCCCCCCCCCC)OC2OCC(O)C(OC3OC(CO)C(O)C(O)C3NC(C)=O)C2O)C(C)O)C(C)OC(=O)C(CCCCN)NC(=O)C(C(C)OC2OC(COC(C)=O)C(OC(C)=O)C(OC(C)=O)C2OC(C)=O)N(C)C(=O)CNC(=O)C(CCC(N)=O)NC1=O. The standard InChI is InChI=1S/C85H134N12O36/c1-13-15-16-17-18-19-20-21-22-23-27-56(130-84-69(113)70(55(107)38-124-84)133-83-64(89-44(7)101)68(112)66(110)57(37-98)131-83)67(111)81(121)95-62(41(4)100)78(118)96-63-42(5)125-82(122)53(26-24-25-34-86)92-80(120)65(43(6)126-85-73(129-48(11)105)72(128-47(10)104)71(127-46(9)103)58(132-85)39-123-45(8)102)97(12)60(109)36-88-74(114)52(32-33-59(87)108)91-75(115)51(14-2)90-76(116)54(35-49-28-30-50(106)31-29-49)93-77(117)61(40(3)99)94-79(63)119/h14,28-31,40-43,52-58,61-73,83-85,98-100,106-107,110-113H,13,15-27,32-39,86H2,1-12H3,(H2,87,108)(H,88,114)(H,89,101)(H,90,116)(H,91,115)(H,92,120)(H,93,117)(H,94,119)(H,95,121)(H,96,118). The predicted octanol–water partition coefficient (Wildman–Crippen LogP) is -6.14. The quantitative estimate of drug-likeness (QED) is 0.0126. The summed E-state index contributed by atoms with van der Waals surface area (Å²) in [6.07, 6.45) is -29.2. The number of aliphatic hydroxyl groups excluding tert-OH is 8. The number of amides is 11. The molecule has 1 aromatic carbocycles. The lowest BCUT2D eigenvalue weighted by Gasteiger charge is -2.46. The maximum Gasteiger partial charge on any atom is 0.328 e. The topological polar surface area (TPSA) is 720 Å². The Kier molecular flexibility index (Phi) is 47.8. The first kappa shape index (κ1) is 113. The molecule has 27 unspecified atom stereocenters. The molecule has 0 radical (unpaired) electrons. The molecule has 5 rings (SSSR count). The molecule has 48 nitrogen and oxygen atoms in total. The average Bonchev–Trinajstić information content (AvgIpc) is 0.788. The molecule has 4 heterocycles. The van der Waals surface area contributed by atoms with Gasteiger partial charge in [-0.05, 0) is 91.0 Å². The maximum atomic E-state index is 15.6. The van der Waals surface area contributed by atoms with Gasteiger partial charge in [-0.2, -0.15) is 0 Å². The lowest BCUT2D eigenvalue weighted by molar-refractivity contribution is -0.339. The number of phenols is 1. The second-order valence-electron chi connectivity index (χ2n) is 33.0. The Hall–Kier alpha value is -10.3. The summed E-state index contributed by atoms with van der Waals surface area (Å²) in [5.41, 5.74) is 11.0. The number of likely N-dealkylation sites (N-methyl/N-ethyl adjacent to an activating group) is 1. The number of aliphatic hydroxyl groups is 8. The zero-order chi connectivity index (χ0) is 99.4. The number of nitrogens with one attached hydrogen (secondary N) is 9. The van der Waals surface area contributed by atoms with E-state index in [0.717, 1.165) is 120 Å². The van der Waals surface area contributed by atoms with E-state index in [1.54, 1.807) is 0 Å². The summed E-state index contributed by atoms with van der Waals surface area (Å²) in [6, 6.07) is -11.2. The van der Waals surface area contributed by atoms with Crippen LogP contribution in [0.25, 0.3) is 0 Å². The number of primary amides is 1. The van der Waals surface area contributed by atoms with Crippen LogP contribution in [0.3, 0.4) is 0 Å². The van der Waals surface area contributed by atoms with Crippen LogP contribution >= 0.6 is 0 Å². The Balaban J connectivity index is 1.68. The zero-order valence-corrected chi connectivity index (χ0v) is 76.7. The number of hydrogen-bond acceptors (Lipinski definition) is 37. The number of benzene rings is 1. The number of hydrogen-bond donors (Lipinski definition) is 20. The molecule has 22 N–H and O–H groups in total. The minimum atomic E-state index is -2.41. The van der Waals surface area contributed by atoms with Gasteiger partial charge in [0.2, 0.25) is 53.2 Å². The third kappa shape index (κ3) is 35.8. The Morgan fingerprint density at radius 3 is 1.81 bits per heavy atom. The third-order valence-corrected chi connectivity index (χ3v) is 22.1. The first-order valence-electron chi connectivity index (χ1n) is 44.3. The minimum absolute atomic E-state index is 0.0470. The van der Waals surface area contributed by atoms with E-state index in [4.69, 9.17) is 63.6 Å². The van der Waals surface area contributed by atoms with E-state index >= 15 is 19.2 Å². The Labute approximate surface area is 768 Å². The average molecular weight is 1900 g/mol. The number of nitrogens with zero attached hydrogens (tertiary/aromatic N) is 1. The van der Waals surface area contributed by atoms with E-state index in [1.165, 1.54) is 31.2 Å². The predicted molar refractivity (Wildman–Crippen MR) is 457 cm³/mol. The number of aromatic hydroxyl groups is 1. The third-order valence-electron chi connectivity index (χ3n) is 22.1. The second-order valence-corrected chi connectivity index (χ2v) is 33.0. The number of carbonyl (C=O) groups is 16. The van der Waals surface area contributed by atoms with Crippen LogP contribution in [0, 0.1) is 0 Å². The molecule has 4 saturated heterocycles. The molecule has 27 atom stereocenters. The van der Waals surface area contributed by atoms with Gasteiger partial charge < -0.3 is 162 Å². The van der Waals surface area contributed by atoms with Gasteiger partial charge in [-0.25, -0.2) is 4.79 Å².